The van der Waals surface area contributed by atoms with Crippen LogP contribution >= 0.6 is 11.8 Å². The van der Waals surface area contributed by atoms with Crippen LogP contribution < -0.4 is 14.2 Å². The summed E-state index contributed by atoms with van der Waals surface area (Å²) < 4.78 is 17.6. The molecule has 0 aromatic heterocycles. The van der Waals surface area contributed by atoms with E-state index in [-0.39, 0.29) is 12.3 Å². The molecule has 0 unspecified atom stereocenters. The minimum atomic E-state index is -0.326. The van der Waals surface area contributed by atoms with Gasteiger partial charge in [0.2, 0.25) is 6.23 Å². The van der Waals surface area contributed by atoms with Crippen molar-refractivity contribution in [1.29, 1.82) is 0 Å². The zero-order valence-electron chi connectivity index (χ0n) is 17.7. The Labute approximate surface area is 186 Å². The molecule has 0 aliphatic carbocycles. The van der Waals surface area contributed by atoms with Crippen LogP contribution in [-0.2, 0) is 0 Å². The molecule has 0 amide bonds. The van der Waals surface area contributed by atoms with E-state index in [2.05, 4.69) is 47.7 Å². The largest absolute Gasteiger partial charge is 0.497 e. The first-order chi connectivity index (χ1) is 15.2. The van der Waals surface area contributed by atoms with Gasteiger partial charge in [-0.15, -0.1) is 11.8 Å². The van der Waals surface area contributed by atoms with E-state index < -0.39 is 0 Å². The number of nitrogens with zero attached hydrogens (tertiary/aromatic N) is 2. The molecule has 31 heavy (non-hydrogen) atoms. The van der Waals surface area contributed by atoms with Gasteiger partial charge in [0.05, 0.1) is 26.0 Å². The molecule has 0 bridgehead atoms. The molecule has 2 aliphatic rings. The Morgan fingerprint density at radius 2 is 1.81 bits per heavy atom. The Morgan fingerprint density at radius 3 is 2.55 bits per heavy atom. The van der Waals surface area contributed by atoms with Crippen LogP contribution in [0, 0.1) is 0 Å². The van der Waals surface area contributed by atoms with Gasteiger partial charge < -0.3 is 14.2 Å². The lowest BCUT2D eigenvalue weighted by Crippen LogP contribution is -2.33. The van der Waals surface area contributed by atoms with E-state index in [1.54, 1.807) is 26.0 Å². The average molecular weight is 433 g/mol. The van der Waals surface area contributed by atoms with Crippen LogP contribution in [0.2, 0.25) is 0 Å². The summed E-state index contributed by atoms with van der Waals surface area (Å²) in [5.41, 5.74) is 4.25. The topological polar surface area (TPSA) is 43.3 Å². The summed E-state index contributed by atoms with van der Waals surface area (Å²) >= 11 is 1.73. The maximum Gasteiger partial charge on any atom is 0.214 e. The predicted molar refractivity (Wildman–Crippen MR) is 123 cm³/mol. The monoisotopic (exact) mass is 432 g/mol. The van der Waals surface area contributed by atoms with Crippen LogP contribution in [0.1, 0.15) is 35.4 Å². The molecule has 0 saturated heterocycles. The fourth-order valence-corrected chi connectivity index (χ4v) is 4.62. The highest BCUT2D eigenvalue weighted by molar-refractivity contribution is 7.98. The van der Waals surface area contributed by atoms with E-state index >= 15 is 0 Å². The molecule has 0 fully saturated rings. The molecule has 6 heteroatoms. The summed E-state index contributed by atoms with van der Waals surface area (Å²) in [6, 6.07) is 22.7. The van der Waals surface area contributed by atoms with Gasteiger partial charge in [-0.1, -0.05) is 36.4 Å². The third-order valence-corrected chi connectivity index (χ3v) is 6.55. The van der Waals surface area contributed by atoms with Gasteiger partial charge in [-0.3, -0.25) is 0 Å². The second-order valence-electron chi connectivity index (χ2n) is 7.50. The molecule has 2 heterocycles. The van der Waals surface area contributed by atoms with E-state index in [0.717, 1.165) is 46.1 Å². The van der Waals surface area contributed by atoms with Gasteiger partial charge >= 0.3 is 0 Å². The summed E-state index contributed by atoms with van der Waals surface area (Å²) in [4.78, 5) is 1.22. The molecule has 5 nitrogen and oxygen atoms in total. The van der Waals surface area contributed by atoms with Crippen LogP contribution in [0.4, 0.5) is 0 Å². The van der Waals surface area contributed by atoms with Gasteiger partial charge in [-0.25, -0.2) is 5.01 Å². The first kappa shape index (κ1) is 19.8. The molecule has 2 aliphatic heterocycles. The van der Waals surface area contributed by atoms with Crippen molar-refractivity contribution in [2.75, 3.05) is 20.5 Å². The van der Waals surface area contributed by atoms with Crippen molar-refractivity contribution in [1.82, 2.24) is 5.01 Å². The minimum absolute atomic E-state index is 0.0743. The summed E-state index contributed by atoms with van der Waals surface area (Å²) in [5, 5.41) is 7.12. The highest BCUT2D eigenvalue weighted by Crippen LogP contribution is 2.50. The van der Waals surface area contributed by atoms with Crippen molar-refractivity contribution < 1.29 is 14.2 Å². The van der Waals surface area contributed by atoms with Crippen molar-refractivity contribution in [2.45, 2.75) is 23.6 Å². The fraction of sp³-hybridized carbons (Fsp3) is 0.240. The fourth-order valence-electron chi connectivity index (χ4n) is 4.21. The number of benzene rings is 3. The number of thioether (sulfide) groups is 1. The Balaban J connectivity index is 1.59. The van der Waals surface area contributed by atoms with E-state index in [1.807, 2.05) is 30.3 Å². The van der Waals surface area contributed by atoms with E-state index in [4.69, 9.17) is 19.3 Å². The first-order valence-corrected chi connectivity index (χ1v) is 11.4. The normalized spacial score (nSPS) is 19.2. The summed E-state index contributed by atoms with van der Waals surface area (Å²) in [5.74, 6) is 2.37. The van der Waals surface area contributed by atoms with E-state index in [9.17, 15) is 0 Å². The molecule has 2 atom stereocenters. The standard InChI is InChI=1S/C25H24N2O3S/c1-28-18-7-4-6-17(14-18)21-15-22-20-8-5-9-23(29-2)24(20)30-25(27(22)26-21)16-10-12-19(31-3)13-11-16/h4-14,22,25H,15H2,1-3H3/t22-,25+/m1/s1. The van der Waals surface area contributed by atoms with Gasteiger partial charge in [0.1, 0.15) is 5.75 Å². The van der Waals surface area contributed by atoms with Crippen LogP contribution in [0.15, 0.2) is 76.7 Å². The number of ether oxygens (including phenoxy) is 3. The number of rotatable bonds is 5. The lowest BCUT2D eigenvalue weighted by Gasteiger charge is -2.38. The van der Waals surface area contributed by atoms with Crippen molar-refractivity contribution in [3.05, 3.63) is 83.4 Å². The van der Waals surface area contributed by atoms with Gasteiger partial charge in [0, 0.05) is 28.0 Å². The van der Waals surface area contributed by atoms with Crippen molar-refractivity contribution >= 4 is 17.5 Å². The predicted octanol–water partition coefficient (Wildman–Crippen LogP) is 5.67. The second kappa shape index (κ2) is 8.19. The van der Waals surface area contributed by atoms with Crippen molar-refractivity contribution in [2.24, 2.45) is 5.10 Å². The number of hydrogen-bond donors (Lipinski definition) is 0. The molecular formula is C25H24N2O3S. The highest BCUT2D eigenvalue weighted by atomic mass is 32.2. The van der Waals surface area contributed by atoms with Crippen LogP contribution in [0.25, 0.3) is 0 Å². The molecule has 0 N–H and O–H groups in total. The quantitative estimate of drug-likeness (QED) is 0.486. The number of methoxy groups -OCH3 is 2. The zero-order chi connectivity index (χ0) is 21.4. The number of para-hydroxylation sites is 1. The maximum absolute atomic E-state index is 6.52. The second-order valence-corrected chi connectivity index (χ2v) is 8.38. The van der Waals surface area contributed by atoms with E-state index in [0.29, 0.717) is 0 Å². The third-order valence-electron chi connectivity index (χ3n) is 5.80. The Bertz CT molecular complexity index is 1130. The number of hydrazone groups is 1. The molecule has 3 aromatic rings. The molecule has 3 aromatic carbocycles. The number of hydrogen-bond acceptors (Lipinski definition) is 6. The van der Waals surface area contributed by atoms with E-state index in [1.165, 1.54) is 4.90 Å². The SMILES string of the molecule is COc1cccc(C2=NN3[C@H](C2)c2cccc(OC)c2O[C@H]3c2ccc(SC)cc2)c1. The van der Waals surface area contributed by atoms with Crippen LogP contribution in [0.5, 0.6) is 17.2 Å². The summed E-state index contributed by atoms with van der Waals surface area (Å²) in [7, 11) is 3.37. The Kier molecular flexibility index (Phi) is 5.24. The van der Waals surface area contributed by atoms with Gasteiger partial charge in [0.15, 0.2) is 11.5 Å². The lowest BCUT2D eigenvalue weighted by atomic mass is 9.95. The van der Waals surface area contributed by atoms with Gasteiger partial charge in [-0.2, -0.15) is 5.10 Å². The van der Waals surface area contributed by atoms with Crippen molar-refractivity contribution in [3.8, 4) is 17.2 Å². The smallest absolute Gasteiger partial charge is 0.214 e. The molecule has 0 saturated carbocycles. The lowest BCUT2D eigenvalue weighted by molar-refractivity contribution is -0.0209. The minimum Gasteiger partial charge on any atom is -0.497 e. The summed E-state index contributed by atoms with van der Waals surface area (Å²) in [6.45, 7) is 0. The average Bonchev–Trinajstić information content (AvgIpc) is 3.29. The molecular weight excluding hydrogens is 408 g/mol. The third kappa shape index (κ3) is 3.51. The van der Waals surface area contributed by atoms with Gasteiger partial charge in [0.25, 0.3) is 0 Å². The van der Waals surface area contributed by atoms with Crippen molar-refractivity contribution in [3.63, 3.8) is 0 Å². The first-order valence-electron chi connectivity index (χ1n) is 10.2. The Hall–Kier alpha value is -3.12. The zero-order valence-corrected chi connectivity index (χ0v) is 18.6. The molecule has 0 spiro atoms. The van der Waals surface area contributed by atoms with Crippen LogP contribution in [-0.4, -0.2) is 31.2 Å². The Morgan fingerprint density at radius 1 is 1.00 bits per heavy atom. The molecule has 0 radical (unpaired) electrons. The number of fused-ring (bicyclic) bond motifs is 3. The summed E-state index contributed by atoms with van der Waals surface area (Å²) in [6.07, 6.45) is 2.54. The highest BCUT2D eigenvalue weighted by Gasteiger charge is 2.42. The van der Waals surface area contributed by atoms with Gasteiger partial charge in [-0.05, 0) is 36.6 Å². The molecule has 158 valence electrons. The van der Waals surface area contributed by atoms with Crippen LogP contribution in [0.3, 0.4) is 0 Å². The molecule has 5 rings (SSSR count). The maximum atomic E-state index is 6.52.